The zero-order chi connectivity index (χ0) is 12.7. The Hall–Kier alpha value is -1.07. The summed E-state index contributed by atoms with van der Waals surface area (Å²) in [6.45, 7) is 8.05. The summed E-state index contributed by atoms with van der Waals surface area (Å²) in [6.07, 6.45) is 1.81. The highest BCUT2D eigenvalue weighted by molar-refractivity contribution is 6.32. The summed E-state index contributed by atoms with van der Waals surface area (Å²) in [7, 11) is 0. The molecule has 1 rings (SSSR count). The van der Waals surface area contributed by atoms with E-state index in [1.54, 1.807) is 6.20 Å². The van der Waals surface area contributed by atoms with Crippen LogP contribution in [-0.2, 0) is 4.74 Å². The maximum absolute atomic E-state index is 5.98. The normalized spacial score (nSPS) is 10.6. The summed E-state index contributed by atoms with van der Waals surface area (Å²) in [4.78, 5) is 8.32. The summed E-state index contributed by atoms with van der Waals surface area (Å²) in [5, 5.41) is 6.66. The molecular formula is C11H19ClN4O. The van der Waals surface area contributed by atoms with Crippen LogP contribution in [0.2, 0.25) is 5.02 Å². The van der Waals surface area contributed by atoms with Gasteiger partial charge in [-0.15, -0.1) is 0 Å². The maximum atomic E-state index is 5.98. The van der Waals surface area contributed by atoms with Gasteiger partial charge >= 0.3 is 0 Å². The molecule has 0 aromatic carbocycles. The Labute approximate surface area is 107 Å². The molecule has 1 aromatic heterocycles. The maximum Gasteiger partial charge on any atom is 0.224 e. The van der Waals surface area contributed by atoms with Crippen molar-refractivity contribution in [1.82, 2.24) is 9.97 Å². The van der Waals surface area contributed by atoms with Crippen LogP contribution in [0.15, 0.2) is 6.20 Å². The van der Waals surface area contributed by atoms with Gasteiger partial charge in [-0.1, -0.05) is 11.6 Å². The van der Waals surface area contributed by atoms with Gasteiger partial charge in [-0.2, -0.15) is 4.98 Å². The van der Waals surface area contributed by atoms with Crippen LogP contribution in [-0.4, -0.2) is 35.8 Å². The molecule has 2 N–H and O–H groups in total. The van der Waals surface area contributed by atoms with E-state index in [2.05, 4.69) is 20.6 Å². The second kappa shape index (κ2) is 7.29. The highest BCUT2D eigenvalue weighted by atomic mass is 35.5. The van der Waals surface area contributed by atoms with Crippen LogP contribution < -0.4 is 10.6 Å². The molecule has 0 spiro atoms. The Morgan fingerprint density at radius 3 is 2.82 bits per heavy atom. The molecule has 17 heavy (non-hydrogen) atoms. The molecule has 6 heteroatoms. The fourth-order valence-electron chi connectivity index (χ4n) is 1.20. The van der Waals surface area contributed by atoms with E-state index in [1.165, 1.54) is 0 Å². The third-order valence-electron chi connectivity index (χ3n) is 1.92. The highest BCUT2D eigenvalue weighted by Gasteiger charge is 2.04. The van der Waals surface area contributed by atoms with Crippen molar-refractivity contribution >= 4 is 23.4 Å². The van der Waals surface area contributed by atoms with Gasteiger partial charge in [-0.3, -0.25) is 0 Å². The molecule has 0 aliphatic rings. The van der Waals surface area contributed by atoms with E-state index in [9.17, 15) is 0 Å². The van der Waals surface area contributed by atoms with Crippen molar-refractivity contribution in [2.75, 3.05) is 30.3 Å². The molecule has 0 aliphatic heterocycles. The first-order valence-corrected chi connectivity index (χ1v) is 6.13. The molecular weight excluding hydrogens is 240 g/mol. The van der Waals surface area contributed by atoms with Crippen molar-refractivity contribution in [3.63, 3.8) is 0 Å². The van der Waals surface area contributed by atoms with Crippen molar-refractivity contribution in [2.24, 2.45) is 0 Å². The molecule has 0 amide bonds. The van der Waals surface area contributed by atoms with E-state index >= 15 is 0 Å². The minimum Gasteiger partial charge on any atom is -0.377 e. The van der Waals surface area contributed by atoms with E-state index in [4.69, 9.17) is 16.3 Å². The van der Waals surface area contributed by atoms with Crippen molar-refractivity contribution in [3.8, 4) is 0 Å². The lowest BCUT2D eigenvalue weighted by molar-refractivity contribution is 0.0870. The van der Waals surface area contributed by atoms with Crippen LogP contribution in [0.3, 0.4) is 0 Å². The molecule has 1 aromatic rings. The lowest BCUT2D eigenvalue weighted by Crippen LogP contribution is -2.14. The molecule has 0 radical (unpaired) electrons. The lowest BCUT2D eigenvalue weighted by atomic mass is 10.5. The number of anilines is 2. The second-order valence-electron chi connectivity index (χ2n) is 3.77. The Balaban J connectivity index is 2.48. The first kappa shape index (κ1) is 14.0. The largest absolute Gasteiger partial charge is 0.377 e. The molecule has 1 heterocycles. The number of hydrogen-bond donors (Lipinski definition) is 2. The van der Waals surface area contributed by atoms with Gasteiger partial charge in [0.2, 0.25) is 5.95 Å². The molecule has 0 bridgehead atoms. The van der Waals surface area contributed by atoms with Crippen LogP contribution >= 0.6 is 11.6 Å². The standard InChI is InChI=1S/C11H19ClN4O/c1-4-13-11-15-7-9(12)10(16-11)14-5-6-17-8(2)3/h7-8H,4-6H2,1-3H3,(H2,13,14,15,16). The third kappa shape index (κ3) is 5.19. The lowest BCUT2D eigenvalue weighted by Gasteiger charge is -2.10. The summed E-state index contributed by atoms with van der Waals surface area (Å²) in [5.41, 5.74) is 0. The number of nitrogens with one attached hydrogen (secondary N) is 2. The molecule has 96 valence electrons. The van der Waals surface area contributed by atoms with Crippen molar-refractivity contribution in [3.05, 3.63) is 11.2 Å². The van der Waals surface area contributed by atoms with Crippen molar-refractivity contribution in [2.45, 2.75) is 26.9 Å². The van der Waals surface area contributed by atoms with Crippen LogP contribution in [0.4, 0.5) is 11.8 Å². The Morgan fingerprint density at radius 1 is 1.41 bits per heavy atom. The molecule has 0 unspecified atom stereocenters. The first-order chi connectivity index (χ1) is 8.13. The van der Waals surface area contributed by atoms with Gasteiger partial charge in [0.05, 0.1) is 18.9 Å². The van der Waals surface area contributed by atoms with E-state index in [0.717, 1.165) is 6.54 Å². The first-order valence-electron chi connectivity index (χ1n) is 5.75. The van der Waals surface area contributed by atoms with Crippen LogP contribution in [0.1, 0.15) is 20.8 Å². The average molecular weight is 259 g/mol. The van der Waals surface area contributed by atoms with Crippen LogP contribution in [0.5, 0.6) is 0 Å². The van der Waals surface area contributed by atoms with E-state index in [0.29, 0.717) is 29.9 Å². The van der Waals surface area contributed by atoms with Gasteiger partial charge in [0.25, 0.3) is 0 Å². The quantitative estimate of drug-likeness (QED) is 0.736. The van der Waals surface area contributed by atoms with Gasteiger partial charge < -0.3 is 15.4 Å². The van der Waals surface area contributed by atoms with Gasteiger partial charge in [-0.25, -0.2) is 4.98 Å². The SMILES string of the molecule is CCNc1ncc(Cl)c(NCCOC(C)C)n1. The Morgan fingerprint density at radius 2 is 2.18 bits per heavy atom. The zero-order valence-electron chi connectivity index (χ0n) is 10.5. The average Bonchev–Trinajstić information content (AvgIpc) is 2.28. The zero-order valence-corrected chi connectivity index (χ0v) is 11.2. The van der Waals surface area contributed by atoms with Crippen LogP contribution in [0.25, 0.3) is 0 Å². The third-order valence-corrected chi connectivity index (χ3v) is 2.20. The Kier molecular flexibility index (Phi) is 6.00. The summed E-state index contributed by atoms with van der Waals surface area (Å²) < 4.78 is 5.42. The topological polar surface area (TPSA) is 59.1 Å². The number of rotatable bonds is 7. The number of hydrogen-bond acceptors (Lipinski definition) is 5. The summed E-state index contributed by atoms with van der Waals surface area (Å²) in [5.74, 6) is 1.20. The highest BCUT2D eigenvalue weighted by Crippen LogP contribution is 2.18. The molecule has 0 atom stereocenters. The fourth-order valence-corrected chi connectivity index (χ4v) is 1.36. The number of nitrogens with zero attached hydrogens (tertiary/aromatic N) is 2. The Bertz CT molecular complexity index is 346. The number of aromatic nitrogens is 2. The minimum absolute atomic E-state index is 0.231. The van der Waals surface area contributed by atoms with E-state index < -0.39 is 0 Å². The molecule has 0 saturated heterocycles. The number of halogens is 1. The predicted molar refractivity (Wildman–Crippen MR) is 70.8 cm³/mol. The monoisotopic (exact) mass is 258 g/mol. The van der Waals surface area contributed by atoms with Gasteiger partial charge in [0.1, 0.15) is 5.02 Å². The smallest absolute Gasteiger partial charge is 0.224 e. The van der Waals surface area contributed by atoms with Crippen LogP contribution in [0, 0.1) is 0 Å². The minimum atomic E-state index is 0.231. The molecule has 0 aliphatic carbocycles. The fraction of sp³-hybridized carbons (Fsp3) is 0.636. The molecule has 5 nitrogen and oxygen atoms in total. The predicted octanol–water partition coefficient (Wildman–Crippen LogP) is 2.40. The van der Waals surface area contributed by atoms with E-state index in [1.807, 2.05) is 20.8 Å². The van der Waals surface area contributed by atoms with Gasteiger partial charge in [0, 0.05) is 13.1 Å². The van der Waals surface area contributed by atoms with Gasteiger partial charge in [-0.05, 0) is 20.8 Å². The summed E-state index contributed by atoms with van der Waals surface area (Å²) >= 11 is 5.98. The van der Waals surface area contributed by atoms with Crippen molar-refractivity contribution in [1.29, 1.82) is 0 Å². The second-order valence-corrected chi connectivity index (χ2v) is 4.17. The van der Waals surface area contributed by atoms with Crippen molar-refractivity contribution < 1.29 is 4.74 Å². The summed E-state index contributed by atoms with van der Waals surface area (Å²) in [6, 6.07) is 0. The molecule has 0 saturated carbocycles. The molecule has 0 fully saturated rings. The van der Waals surface area contributed by atoms with E-state index in [-0.39, 0.29) is 6.10 Å². The number of ether oxygens (including phenoxy) is 1. The van der Waals surface area contributed by atoms with Gasteiger partial charge in [0.15, 0.2) is 5.82 Å².